The van der Waals surface area contributed by atoms with Crippen molar-refractivity contribution in [2.75, 3.05) is 7.11 Å². The molecule has 0 unspecified atom stereocenters. The Kier molecular flexibility index (Phi) is 5.08. The lowest BCUT2D eigenvalue weighted by molar-refractivity contribution is -0.145. The average molecular weight is 372 g/mol. The average Bonchev–Trinajstić information content (AvgIpc) is 2.91. The molecule has 7 heteroatoms. The Labute approximate surface area is 155 Å². The molecule has 136 valence electrons. The number of carbonyl (C=O) groups is 1. The zero-order valence-corrected chi connectivity index (χ0v) is 16.0. The number of nitrogens with zero attached hydrogens (tertiary/aromatic N) is 2. The van der Waals surface area contributed by atoms with E-state index in [0.29, 0.717) is 16.0 Å². The fourth-order valence-corrected chi connectivity index (χ4v) is 3.73. The number of aryl methyl sites for hydroxylation is 3. The number of hydrogen-bond acceptors (Lipinski definition) is 6. The Morgan fingerprint density at radius 1 is 1.27 bits per heavy atom. The van der Waals surface area contributed by atoms with E-state index < -0.39 is 5.97 Å². The lowest BCUT2D eigenvalue weighted by atomic mass is 10.1. The molecule has 0 radical (unpaired) electrons. The summed E-state index contributed by atoms with van der Waals surface area (Å²) in [5.74, 6) is 0.162. The van der Waals surface area contributed by atoms with Crippen molar-refractivity contribution < 1.29 is 14.3 Å². The second-order valence-electron chi connectivity index (χ2n) is 6.12. The Hall–Kier alpha value is -2.67. The number of carbonyl (C=O) groups excluding carboxylic acids is 1. The fourth-order valence-electron chi connectivity index (χ4n) is 2.75. The van der Waals surface area contributed by atoms with Crippen molar-refractivity contribution in [3.8, 4) is 5.75 Å². The summed E-state index contributed by atoms with van der Waals surface area (Å²) in [4.78, 5) is 30.9. The van der Waals surface area contributed by atoms with Gasteiger partial charge in [0.25, 0.3) is 5.56 Å². The number of rotatable bonds is 5. The number of aromatic nitrogens is 2. The third-order valence-electron chi connectivity index (χ3n) is 4.28. The molecule has 0 aliphatic carbocycles. The standard InChI is InChI=1S/C19H20N2O4S/c1-11-5-6-15(24-4)14(7-11)9-25-16(22)8-21-10-20-18-17(19(21)23)12(2)13(3)26-18/h5-7,10H,8-9H2,1-4H3. The van der Waals surface area contributed by atoms with Crippen molar-refractivity contribution in [3.63, 3.8) is 0 Å². The molecule has 26 heavy (non-hydrogen) atoms. The first kappa shape index (κ1) is 18.1. The summed E-state index contributed by atoms with van der Waals surface area (Å²) in [6.45, 7) is 5.71. The van der Waals surface area contributed by atoms with Crippen LogP contribution in [0, 0.1) is 20.8 Å². The highest BCUT2D eigenvalue weighted by atomic mass is 32.1. The van der Waals surface area contributed by atoms with Crippen molar-refractivity contribution >= 4 is 27.5 Å². The van der Waals surface area contributed by atoms with Gasteiger partial charge in [-0.15, -0.1) is 11.3 Å². The molecular weight excluding hydrogens is 352 g/mol. The van der Waals surface area contributed by atoms with Crippen molar-refractivity contribution in [2.24, 2.45) is 0 Å². The maximum Gasteiger partial charge on any atom is 0.326 e. The molecule has 0 spiro atoms. The van der Waals surface area contributed by atoms with Gasteiger partial charge in [-0.25, -0.2) is 4.98 Å². The minimum absolute atomic E-state index is 0.0880. The van der Waals surface area contributed by atoms with Crippen molar-refractivity contribution in [3.05, 3.63) is 56.4 Å². The van der Waals surface area contributed by atoms with Crippen molar-refractivity contribution in [1.29, 1.82) is 0 Å². The number of methoxy groups -OCH3 is 1. The predicted octanol–water partition coefficient (Wildman–Crippen LogP) is 3.14. The van der Waals surface area contributed by atoms with Gasteiger partial charge in [0.1, 0.15) is 23.7 Å². The minimum atomic E-state index is -0.499. The van der Waals surface area contributed by atoms with E-state index in [9.17, 15) is 9.59 Å². The number of thiophene rings is 1. The summed E-state index contributed by atoms with van der Waals surface area (Å²) in [6.07, 6.45) is 1.40. The molecule has 0 amide bonds. The number of fused-ring (bicyclic) bond motifs is 1. The maximum absolute atomic E-state index is 12.6. The highest BCUT2D eigenvalue weighted by Gasteiger charge is 2.15. The van der Waals surface area contributed by atoms with Gasteiger partial charge in [0.15, 0.2) is 0 Å². The van der Waals surface area contributed by atoms with Crippen LogP contribution in [0.3, 0.4) is 0 Å². The van der Waals surface area contributed by atoms with Crippen molar-refractivity contribution in [1.82, 2.24) is 9.55 Å². The molecule has 1 aromatic carbocycles. The third-order valence-corrected chi connectivity index (χ3v) is 5.40. The monoisotopic (exact) mass is 372 g/mol. The zero-order chi connectivity index (χ0) is 18.8. The van der Waals surface area contributed by atoms with Gasteiger partial charge in [-0.2, -0.15) is 0 Å². The smallest absolute Gasteiger partial charge is 0.326 e. The van der Waals surface area contributed by atoms with Crippen LogP contribution >= 0.6 is 11.3 Å². The number of hydrogen-bond donors (Lipinski definition) is 0. The largest absolute Gasteiger partial charge is 0.496 e. The molecule has 0 atom stereocenters. The van der Waals surface area contributed by atoms with Gasteiger partial charge in [-0.1, -0.05) is 11.6 Å². The normalized spacial score (nSPS) is 10.9. The van der Waals surface area contributed by atoms with Gasteiger partial charge in [0.2, 0.25) is 0 Å². The van der Waals surface area contributed by atoms with E-state index in [2.05, 4.69) is 4.98 Å². The molecule has 0 saturated carbocycles. The van der Waals surface area contributed by atoms with Crippen molar-refractivity contribution in [2.45, 2.75) is 33.9 Å². The van der Waals surface area contributed by atoms with Gasteiger partial charge in [0.05, 0.1) is 18.8 Å². The second-order valence-corrected chi connectivity index (χ2v) is 7.32. The summed E-state index contributed by atoms with van der Waals surface area (Å²) < 4.78 is 11.9. The van der Waals surface area contributed by atoms with E-state index in [1.165, 1.54) is 22.2 Å². The Morgan fingerprint density at radius 2 is 2.04 bits per heavy atom. The molecule has 0 aliphatic rings. The number of ether oxygens (including phenoxy) is 2. The van der Waals surface area contributed by atoms with Crippen LogP contribution in [0.15, 0.2) is 29.3 Å². The van der Waals surface area contributed by atoms with E-state index in [-0.39, 0.29) is 18.7 Å². The van der Waals surface area contributed by atoms with E-state index in [1.807, 2.05) is 39.0 Å². The summed E-state index contributed by atoms with van der Waals surface area (Å²) in [7, 11) is 1.57. The van der Waals surface area contributed by atoms with Crippen LogP contribution in [-0.4, -0.2) is 22.6 Å². The Morgan fingerprint density at radius 3 is 2.77 bits per heavy atom. The van der Waals surface area contributed by atoms with Crippen LogP contribution in [0.5, 0.6) is 5.75 Å². The summed E-state index contributed by atoms with van der Waals surface area (Å²) in [6, 6.07) is 5.67. The van der Waals surface area contributed by atoms with E-state index >= 15 is 0 Å². The summed E-state index contributed by atoms with van der Waals surface area (Å²) >= 11 is 1.48. The SMILES string of the molecule is COc1ccc(C)cc1COC(=O)Cn1cnc2sc(C)c(C)c2c1=O. The first-order valence-electron chi connectivity index (χ1n) is 8.15. The first-order chi connectivity index (χ1) is 12.4. The number of esters is 1. The van der Waals surface area contributed by atoms with Gasteiger partial charge >= 0.3 is 5.97 Å². The van der Waals surface area contributed by atoms with Crippen LogP contribution in [0.1, 0.15) is 21.6 Å². The fraction of sp³-hybridized carbons (Fsp3) is 0.316. The van der Waals surface area contributed by atoms with E-state index in [1.54, 1.807) is 7.11 Å². The molecule has 3 aromatic rings. The zero-order valence-electron chi connectivity index (χ0n) is 15.2. The van der Waals surface area contributed by atoms with Gasteiger partial charge in [0, 0.05) is 10.4 Å². The van der Waals surface area contributed by atoms with E-state index in [4.69, 9.17) is 9.47 Å². The van der Waals surface area contributed by atoms with E-state index in [0.717, 1.165) is 21.6 Å². The number of benzene rings is 1. The van der Waals surface area contributed by atoms with Crippen LogP contribution in [0.2, 0.25) is 0 Å². The topological polar surface area (TPSA) is 70.4 Å². The molecule has 0 N–H and O–H groups in total. The maximum atomic E-state index is 12.6. The Balaban J connectivity index is 1.76. The van der Waals surface area contributed by atoms with Crippen LogP contribution < -0.4 is 10.3 Å². The molecule has 6 nitrogen and oxygen atoms in total. The predicted molar refractivity (Wildman–Crippen MR) is 101 cm³/mol. The molecule has 0 bridgehead atoms. The molecule has 0 saturated heterocycles. The van der Waals surface area contributed by atoms with Gasteiger partial charge < -0.3 is 9.47 Å². The third kappa shape index (κ3) is 3.48. The van der Waals surface area contributed by atoms with Crippen LogP contribution in [0.25, 0.3) is 10.2 Å². The van der Waals surface area contributed by atoms with Crippen LogP contribution in [-0.2, 0) is 22.7 Å². The molecular formula is C19H20N2O4S. The molecule has 0 aliphatic heterocycles. The molecule has 2 heterocycles. The molecule has 3 rings (SSSR count). The minimum Gasteiger partial charge on any atom is -0.496 e. The molecule has 0 fully saturated rings. The lowest BCUT2D eigenvalue weighted by Gasteiger charge is -2.11. The lowest BCUT2D eigenvalue weighted by Crippen LogP contribution is -2.25. The Bertz CT molecular complexity index is 1040. The highest BCUT2D eigenvalue weighted by Crippen LogP contribution is 2.25. The quantitative estimate of drug-likeness (QED) is 0.644. The summed E-state index contributed by atoms with van der Waals surface area (Å²) in [5, 5.41) is 0.572. The highest BCUT2D eigenvalue weighted by molar-refractivity contribution is 7.18. The second kappa shape index (κ2) is 7.29. The summed E-state index contributed by atoms with van der Waals surface area (Å²) in [5.41, 5.74) is 2.52. The first-order valence-corrected chi connectivity index (χ1v) is 8.96. The van der Waals surface area contributed by atoms with Gasteiger partial charge in [-0.05, 0) is 38.5 Å². The van der Waals surface area contributed by atoms with Crippen LogP contribution in [0.4, 0.5) is 0 Å². The molecule has 2 aromatic heterocycles. The van der Waals surface area contributed by atoms with Gasteiger partial charge in [-0.3, -0.25) is 14.2 Å².